The van der Waals surface area contributed by atoms with Gasteiger partial charge in [-0.25, -0.2) is 0 Å². The van der Waals surface area contributed by atoms with E-state index in [0.29, 0.717) is 6.42 Å². The smallest absolute Gasteiger partial charge is 0.0888 e. The number of hydrogen-bond acceptors (Lipinski definition) is 1. The Morgan fingerprint density at radius 1 is 1.21 bits per heavy atom. The summed E-state index contributed by atoms with van der Waals surface area (Å²) in [7, 11) is 0. The Balaban J connectivity index is 4.24. The molecule has 1 atom stereocenters. The molecule has 82 valence electrons. The molecular formula is C13H24O. The molecule has 1 nitrogen and oxygen atoms in total. The van der Waals surface area contributed by atoms with Crippen molar-refractivity contribution < 1.29 is 5.11 Å². The lowest BCUT2D eigenvalue weighted by molar-refractivity contribution is 0.0670. The van der Waals surface area contributed by atoms with E-state index >= 15 is 0 Å². The molecule has 0 aliphatic rings. The molecule has 0 aliphatic heterocycles. The molecule has 1 heteroatoms. The minimum atomic E-state index is -0.721. The summed E-state index contributed by atoms with van der Waals surface area (Å²) >= 11 is 0. The Kier molecular flexibility index (Phi) is 5.78. The highest BCUT2D eigenvalue weighted by Crippen LogP contribution is 2.28. The summed E-state index contributed by atoms with van der Waals surface area (Å²) in [5, 5.41) is 10.3. The molecule has 1 N–H and O–H groups in total. The Morgan fingerprint density at radius 3 is 2.14 bits per heavy atom. The zero-order valence-corrected chi connectivity index (χ0v) is 9.90. The van der Waals surface area contributed by atoms with Gasteiger partial charge in [-0.3, -0.25) is 0 Å². The molecule has 0 aromatic carbocycles. The molecule has 0 saturated carbocycles. The second kappa shape index (κ2) is 6.02. The Labute approximate surface area is 88.5 Å². The standard InChI is InChI=1S/C13H24O/c1-6-7-8-9-13(14,12(4)5)10-11(2)3/h14H,2,4,6-10H2,1,3,5H3/t13-/m0/s1. The van der Waals surface area contributed by atoms with Crippen molar-refractivity contribution >= 4 is 0 Å². The number of hydrogen-bond donors (Lipinski definition) is 1. The summed E-state index contributed by atoms with van der Waals surface area (Å²) in [6.07, 6.45) is 4.87. The van der Waals surface area contributed by atoms with Gasteiger partial charge in [0.2, 0.25) is 0 Å². The molecule has 0 bridgehead atoms. The summed E-state index contributed by atoms with van der Waals surface area (Å²) in [6, 6.07) is 0. The minimum Gasteiger partial charge on any atom is -0.385 e. The first-order valence-corrected chi connectivity index (χ1v) is 5.45. The highest BCUT2D eigenvalue weighted by molar-refractivity contribution is 5.14. The topological polar surface area (TPSA) is 20.2 Å². The molecule has 0 saturated heterocycles. The van der Waals surface area contributed by atoms with Crippen molar-refractivity contribution in [3.63, 3.8) is 0 Å². The van der Waals surface area contributed by atoms with Gasteiger partial charge in [-0.2, -0.15) is 0 Å². The van der Waals surface area contributed by atoms with Crippen molar-refractivity contribution in [1.82, 2.24) is 0 Å². The molecule has 0 aromatic heterocycles. The van der Waals surface area contributed by atoms with Crippen molar-refractivity contribution in [3.05, 3.63) is 24.3 Å². The van der Waals surface area contributed by atoms with Crippen LogP contribution >= 0.6 is 0 Å². The zero-order valence-electron chi connectivity index (χ0n) is 9.90. The van der Waals surface area contributed by atoms with Crippen molar-refractivity contribution in [1.29, 1.82) is 0 Å². The number of rotatable bonds is 7. The average molecular weight is 196 g/mol. The highest BCUT2D eigenvalue weighted by atomic mass is 16.3. The summed E-state index contributed by atoms with van der Waals surface area (Å²) in [4.78, 5) is 0. The SMILES string of the molecule is C=C(C)C[C@@](O)(CCCCC)C(=C)C. The van der Waals surface area contributed by atoms with E-state index in [4.69, 9.17) is 0 Å². The quantitative estimate of drug-likeness (QED) is 0.484. The van der Waals surface area contributed by atoms with E-state index < -0.39 is 5.60 Å². The van der Waals surface area contributed by atoms with Crippen LogP contribution in [0.2, 0.25) is 0 Å². The Bertz CT molecular complexity index is 205. The fourth-order valence-corrected chi connectivity index (χ4v) is 1.62. The lowest BCUT2D eigenvalue weighted by Crippen LogP contribution is -2.29. The number of unbranched alkanes of at least 4 members (excludes halogenated alkanes) is 2. The third kappa shape index (κ3) is 4.61. The van der Waals surface area contributed by atoms with Gasteiger partial charge in [-0.05, 0) is 25.8 Å². The van der Waals surface area contributed by atoms with Gasteiger partial charge in [0.1, 0.15) is 0 Å². The molecular weight excluding hydrogens is 172 g/mol. The number of aliphatic hydroxyl groups is 1. The van der Waals surface area contributed by atoms with Crippen LogP contribution in [0.5, 0.6) is 0 Å². The third-order valence-corrected chi connectivity index (χ3v) is 2.58. The molecule has 0 heterocycles. The summed E-state index contributed by atoms with van der Waals surface area (Å²) in [5.41, 5.74) is 1.16. The Morgan fingerprint density at radius 2 is 1.79 bits per heavy atom. The van der Waals surface area contributed by atoms with Gasteiger partial charge >= 0.3 is 0 Å². The molecule has 0 amide bonds. The van der Waals surface area contributed by atoms with Crippen LogP contribution < -0.4 is 0 Å². The van der Waals surface area contributed by atoms with Crippen LogP contribution in [0.4, 0.5) is 0 Å². The summed E-state index contributed by atoms with van der Waals surface area (Å²) in [5.74, 6) is 0. The largest absolute Gasteiger partial charge is 0.385 e. The first kappa shape index (κ1) is 13.4. The predicted octanol–water partition coefficient (Wildman–Crippen LogP) is 3.84. The summed E-state index contributed by atoms with van der Waals surface area (Å²) in [6.45, 7) is 13.7. The maximum absolute atomic E-state index is 10.3. The maximum atomic E-state index is 10.3. The lowest BCUT2D eigenvalue weighted by Gasteiger charge is -2.29. The van der Waals surface area contributed by atoms with Crippen molar-refractivity contribution in [2.24, 2.45) is 0 Å². The van der Waals surface area contributed by atoms with Crippen molar-refractivity contribution in [3.8, 4) is 0 Å². The van der Waals surface area contributed by atoms with Gasteiger partial charge in [0, 0.05) is 6.42 Å². The van der Waals surface area contributed by atoms with Gasteiger partial charge in [-0.15, -0.1) is 6.58 Å². The maximum Gasteiger partial charge on any atom is 0.0888 e. The minimum absolute atomic E-state index is 0.645. The molecule has 0 fully saturated rings. The second-order valence-electron chi connectivity index (χ2n) is 4.40. The second-order valence-corrected chi connectivity index (χ2v) is 4.40. The van der Waals surface area contributed by atoms with E-state index in [1.54, 1.807) is 0 Å². The highest BCUT2D eigenvalue weighted by Gasteiger charge is 2.26. The monoisotopic (exact) mass is 196 g/mol. The Hall–Kier alpha value is -0.560. The van der Waals surface area contributed by atoms with E-state index in [9.17, 15) is 5.11 Å². The summed E-state index contributed by atoms with van der Waals surface area (Å²) < 4.78 is 0. The van der Waals surface area contributed by atoms with Crippen molar-refractivity contribution in [2.45, 2.75) is 58.5 Å². The fourth-order valence-electron chi connectivity index (χ4n) is 1.62. The molecule has 0 radical (unpaired) electrons. The van der Waals surface area contributed by atoms with Gasteiger partial charge < -0.3 is 5.11 Å². The van der Waals surface area contributed by atoms with Crippen LogP contribution in [0.15, 0.2) is 24.3 Å². The van der Waals surface area contributed by atoms with Crippen LogP contribution in [-0.2, 0) is 0 Å². The first-order valence-electron chi connectivity index (χ1n) is 5.45. The average Bonchev–Trinajstić information content (AvgIpc) is 2.03. The van der Waals surface area contributed by atoms with E-state index in [1.807, 2.05) is 13.8 Å². The van der Waals surface area contributed by atoms with Crippen LogP contribution in [0, 0.1) is 0 Å². The molecule has 0 aromatic rings. The van der Waals surface area contributed by atoms with Gasteiger partial charge in [0.15, 0.2) is 0 Å². The van der Waals surface area contributed by atoms with E-state index in [0.717, 1.165) is 24.0 Å². The van der Waals surface area contributed by atoms with Crippen molar-refractivity contribution in [2.75, 3.05) is 0 Å². The van der Waals surface area contributed by atoms with Crippen LogP contribution in [0.3, 0.4) is 0 Å². The van der Waals surface area contributed by atoms with Crippen LogP contribution in [0.25, 0.3) is 0 Å². The van der Waals surface area contributed by atoms with Gasteiger partial charge in [0.05, 0.1) is 5.60 Å². The van der Waals surface area contributed by atoms with Gasteiger partial charge in [-0.1, -0.05) is 38.3 Å². The van der Waals surface area contributed by atoms with Gasteiger partial charge in [0.25, 0.3) is 0 Å². The molecule has 14 heavy (non-hydrogen) atoms. The molecule has 0 aliphatic carbocycles. The fraction of sp³-hybridized carbons (Fsp3) is 0.692. The van der Waals surface area contributed by atoms with Crippen LogP contribution in [-0.4, -0.2) is 10.7 Å². The predicted molar refractivity (Wildman–Crippen MR) is 63.3 cm³/mol. The molecule has 0 unspecified atom stereocenters. The van der Waals surface area contributed by atoms with E-state index in [1.165, 1.54) is 12.8 Å². The molecule has 0 spiro atoms. The lowest BCUT2D eigenvalue weighted by atomic mass is 9.84. The van der Waals surface area contributed by atoms with Crippen LogP contribution in [0.1, 0.15) is 52.9 Å². The first-order chi connectivity index (χ1) is 6.42. The normalized spacial score (nSPS) is 14.9. The van der Waals surface area contributed by atoms with E-state index in [-0.39, 0.29) is 0 Å². The van der Waals surface area contributed by atoms with E-state index in [2.05, 4.69) is 20.1 Å². The zero-order chi connectivity index (χ0) is 11.2. The third-order valence-electron chi connectivity index (χ3n) is 2.58. The molecule has 0 rings (SSSR count).